The molecule has 1 atom stereocenters. The SMILES string of the molecule is COc1ccc(N2CCN(C(C)c3nc(-c4cccs4)no3)CC2)cc1. The fraction of sp³-hybridized carbons (Fsp3) is 0.368. The summed E-state index contributed by atoms with van der Waals surface area (Å²) < 4.78 is 10.8. The van der Waals surface area contributed by atoms with Gasteiger partial charge in [0.25, 0.3) is 0 Å². The van der Waals surface area contributed by atoms with Gasteiger partial charge in [-0.25, -0.2) is 0 Å². The van der Waals surface area contributed by atoms with Gasteiger partial charge in [-0.15, -0.1) is 11.3 Å². The Bertz CT molecular complexity index is 824. The van der Waals surface area contributed by atoms with Gasteiger partial charge in [-0.05, 0) is 42.6 Å². The molecule has 0 amide bonds. The molecular formula is C19H22N4O2S. The van der Waals surface area contributed by atoms with Gasteiger partial charge in [0.05, 0.1) is 18.0 Å². The van der Waals surface area contributed by atoms with Crippen LogP contribution in [-0.4, -0.2) is 48.3 Å². The Morgan fingerprint density at radius 1 is 1.12 bits per heavy atom. The normalized spacial score (nSPS) is 16.6. The summed E-state index contributed by atoms with van der Waals surface area (Å²) in [6.07, 6.45) is 0. The molecule has 0 saturated carbocycles. The van der Waals surface area contributed by atoms with E-state index >= 15 is 0 Å². The number of ether oxygens (including phenoxy) is 1. The van der Waals surface area contributed by atoms with Crippen molar-refractivity contribution in [2.24, 2.45) is 0 Å². The maximum atomic E-state index is 5.52. The molecule has 1 unspecified atom stereocenters. The zero-order chi connectivity index (χ0) is 17.9. The van der Waals surface area contributed by atoms with Crippen LogP contribution in [0.5, 0.6) is 5.75 Å². The van der Waals surface area contributed by atoms with E-state index in [9.17, 15) is 0 Å². The average Bonchev–Trinajstić information content (AvgIpc) is 3.39. The summed E-state index contributed by atoms with van der Waals surface area (Å²) in [6, 6.07) is 12.4. The minimum absolute atomic E-state index is 0.120. The number of methoxy groups -OCH3 is 1. The number of anilines is 1. The van der Waals surface area contributed by atoms with Gasteiger partial charge >= 0.3 is 0 Å². The Morgan fingerprint density at radius 3 is 2.54 bits per heavy atom. The standard InChI is InChI=1S/C19H22N4O2S/c1-14(19-20-18(21-25-19)17-4-3-13-26-17)22-9-11-23(12-10-22)15-5-7-16(24-2)8-6-15/h3-8,13-14H,9-12H2,1-2H3. The summed E-state index contributed by atoms with van der Waals surface area (Å²) in [4.78, 5) is 10.4. The second kappa shape index (κ2) is 7.47. The van der Waals surface area contributed by atoms with E-state index in [-0.39, 0.29) is 6.04 Å². The topological polar surface area (TPSA) is 54.6 Å². The highest BCUT2D eigenvalue weighted by molar-refractivity contribution is 7.13. The fourth-order valence-electron chi connectivity index (χ4n) is 3.23. The largest absolute Gasteiger partial charge is 0.497 e. The van der Waals surface area contributed by atoms with Crippen molar-refractivity contribution >= 4 is 17.0 Å². The Balaban J connectivity index is 1.38. The van der Waals surface area contributed by atoms with Crippen LogP contribution in [0.2, 0.25) is 0 Å². The quantitative estimate of drug-likeness (QED) is 0.683. The molecular weight excluding hydrogens is 348 g/mol. The monoisotopic (exact) mass is 370 g/mol. The van der Waals surface area contributed by atoms with E-state index in [2.05, 4.69) is 39.0 Å². The van der Waals surface area contributed by atoms with Gasteiger partial charge in [-0.1, -0.05) is 11.2 Å². The molecule has 1 aliphatic heterocycles. The van der Waals surface area contributed by atoms with Gasteiger partial charge in [0.2, 0.25) is 11.7 Å². The molecule has 1 saturated heterocycles. The molecule has 1 aliphatic rings. The molecule has 0 aliphatic carbocycles. The van der Waals surface area contributed by atoms with E-state index in [1.807, 2.05) is 29.6 Å². The lowest BCUT2D eigenvalue weighted by Gasteiger charge is -2.38. The first-order chi connectivity index (χ1) is 12.7. The maximum absolute atomic E-state index is 5.52. The minimum atomic E-state index is 0.120. The summed E-state index contributed by atoms with van der Waals surface area (Å²) >= 11 is 1.62. The van der Waals surface area contributed by atoms with E-state index in [1.54, 1.807) is 18.4 Å². The molecule has 1 fully saturated rings. The number of rotatable bonds is 5. The Kier molecular flexibility index (Phi) is 4.90. The number of hydrogen-bond donors (Lipinski definition) is 0. The van der Waals surface area contributed by atoms with Crippen molar-refractivity contribution < 1.29 is 9.26 Å². The van der Waals surface area contributed by atoms with E-state index in [0.717, 1.165) is 36.8 Å². The van der Waals surface area contributed by atoms with Gasteiger partial charge < -0.3 is 14.2 Å². The molecule has 0 spiro atoms. The Hall–Kier alpha value is -2.38. The van der Waals surface area contributed by atoms with Crippen LogP contribution in [-0.2, 0) is 0 Å². The lowest BCUT2D eigenvalue weighted by atomic mass is 10.2. The maximum Gasteiger partial charge on any atom is 0.244 e. The van der Waals surface area contributed by atoms with Crippen molar-refractivity contribution in [1.82, 2.24) is 15.0 Å². The molecule has 3 heterocycles. The van der Waals surface area contributed by atoms with Crippen LogP contribution in [0.4, 0.5) is 5.69 Å². The minimum Gasteiger partial charge on any atom is -0.497 e. The van der Waals surface area contributed by atoms with Gasteiger partial charge in [0.1, 0.15) is 5.75 Å². The highest BCUT2D eigenvalue weighted by Gasteiger charge is 2.26. The summed E-state index contributed by atoms with van der Waals surface area (Å²) in [5, 5.41) is 6.15. The van der Waals surface area contributed by atoms with Crippen LogP contribution in [0.25, 0.3) is 10.7 Å². The molecule has 26 heavy (non-hydrogen) atoms. The second-order valence-electron chi connectivity index (χ2n) is 6.33. The number of piperazine rings is 1. The van der Waals surface area contributed by atoms with Crippen LogP contribution in [0.3, 0.4) is 0 Å². The average molecular weight is 370 g/mol. The first kappa shape index (κ1) is 17.1. The molecule has 0 radical (unpaired) electrons. The van der Waals surface area contributed by atoms with Gasteiger partial charge in [-0.2, -0.15) is 4.98 Å². The summed E-state index contributed by atoms with van der Waals surface area (Å²) in [7, 11) is 1.69. The third-order valence-electron chi connectivity index (χ3n) is 4.84. The first-order valence-electron chi connectivity index (χ1n) is 8.75. The van der Waals surface area contributed by atoms with Gasteiger partial charge in [0, 0.05) is 31.9 Å². The smallest absolute Gasteiger partial charge is 0.244 e. The number of nitrogens with zero attached hydrogens (tertiary/aromatic N) is 4. The van der Waals surface area contributed by atoms with Crippen LogP contribution in [0, 0.1) is 0 Å². The van der Waals surface area contributed by atoms with Crippen LogP contribution >= 0.6 is 11.3 Å². The predicted molar refractivity (Wildman–Crippen MR) is 103 cm³/mol. The van der Waals surface area contributed by atoms with E-state index in [4.69, 9.17) is 9.26 Å². The van der Waals surface area contributed by atoms with Gasteiger partial charge in [0.15, 0.2) is 0 Å². The van der Waals surface area contributed by atoms with Crippen LogP contribution in [0.1, 0.15) is 18.9 Å². The molecule has 0 bridgehead atoms. The first-order valence-corrected chi connectivity index (χ1v) is 9.63. The predicted octanol–water partition coefficient (Wildman–Crippen LogP) is 3.69. The highest BCUT2D eigenvalue weighted by Crippen LogP contribution is 2.27. The second-order valence-corrected chi connectivity index (χ2v) is 7.28. The van der Waals surface area contributed by atoms with E-state index < -0.39 is 0 Å². The zero-order valence-electron chi connectivity index (χ0n) is 15.0. The van der Waals surface area contributed by atoms with Crippen molar-refractivity contribution in [1.29, 1.82) is 0 Å². The van der Waals surface area contributed by atoms with Crippen molar-refractivity contribution in [2.75, 3.05) is 38.2 Å². The molecule has 1 aromatic carbocycles. The molecule has 0 N–H and O–H groups in total. The number of aromatic nitrogens is 2. The fourth-order valence-corrected chi connectivity index (χ4v) is 3.88. The van der Waals surface area contributed by atoms with Crippen molar-refractivity contribution in [3.63, 3.8) is 0 Å². The Morgan fingerprint density at radius 2 is 1.88 bits per heavy atom. The highest BCUT2D eigenvalue weighted by atomic mass is 32.1. The van der Waals surface area contributed by atoms with Gasteiger partial charge in [-0.3, -0.25) is 4.90 Å². The lowest BCUT2D eigenvalue weighted by molar-refractivity contribution is 0.164. The molecule has 4 rings (SSSR count). The third kappa shape index (κ3) is 3.45. The summed E-state index contributed by atoms with van der Waals surface area (Å²) in [6.45, 7) is 6.01. The molecule has 6 nitrogen and oxygen atoms in total. The number of hydrogen-bond acceptors (Lipinski definition) is 7. The molecule has 3 aromatic rings. The number of thiophene rings is 1. The molecule has 136 valence electrons. The van der Waals surface area contributed by atoms with Crippen molar-refractivity contribution in [3.8, 4) is 16.5 Å². The Labute approximate surface area is 157 Å². The molecule has 2 aromatic heterocycles. The van der Waals surface area contributed by atoms with E-state index in [0.29, 0.717) is 11.7 Å². The van der Waals surface area contributed by atoms with Crippen molar-refractivity contribution in [2.45, 2.75) is 13.0 Å². The third-order valence-corrected chi connectivity index (χ3v) is 5.71. The zero-order valence-corrected chi connectivity index (χ0v) is 15.8. The summed E-state index contributed by atoms with van der Waals surface area (Å²) in [5.41, 5.74) is 1.23. The summed E-state index contributed by atoms with van der Waals surface area (Å²) in [5.74, 6) is 2.25. The van der Waals surface area contributed by atoms with Crippen LogP contribution in [0.15, 0.2) is 46.3 Å². The number of benzene rings is 1. The van der Waals surface area contributed by atoms with E-state index in [1.165, 1.54) is 5.69 Å². The molecule has 7 heteroatoms. The lowest BCUT2D eigenvalue weighted by Crippen LogP contribution is -2.47. The van der Waals surface area contributed by atoms with Crippen molar-refractivity contribution in [3.05, 3.63) is 47.7 Å². The van der Waals surface area contributed by atoms with Crippen LogP contribution < -0.4 is 9.64 Å².